The molecular weight excluding hydrogens is 536 g/mol. The molecule has 0 radical (unpaired) electrons. The number of hydrogen-bond donors (Lipinski definition) is 2. The Hall–Kier alpha value is -3.86. The molecule has 1 aliphatic rings. The molecule has 1 aromatic carbocycles. The monoisotopic (exact) mass is 582 g/mol. The van der Waals surface area contributed by atoms with E-state index in [1.807, 2.05) is 13.8 Å². The van der Waals surface area contributed by atoms with Gasteiger partial charge in [-0.1, -0.05) is 72.4 Å². The van der Waals surface area contributed by atoms with Gasteiger partial charge in [0.25, 0.3) is 0 Å². The Morgan fingerprint density at radius 1 is 1.00 bits per heavy atom. The van der Waals surface area contributed by atoms with E-state index in [4.69, 9.17) is 10.2 Å². The Morgan fingerprint density at radius 3 is 1.95 bits per heavy atom. The molecule has 0 saturated heterocycles. The van der Waals surface area contributed by atoms with Gasteiger partial charge in [0.2, 0.25) is 24.3 Å². The van der Waals surface area contributed by atoms with Gasteiger partial charge in [-0.2, -0.15) is 9.98 Å². The number of benzene rings is 1. The van der Waals surface area contributed by atoms with Crippen molar-refractivity contribution in [2.45, 2.75) is 85.8 Å². The molecule has 0 aromatic heterocycles. The minimum atomic E-state index is -0.319. The van der Waals surface area contributed by atoms with Gasteiger partial charge in [0, 0.05) is 18.1 Å². The maximum Gasteiger partial charge on any atom is 0.240 e. The molecule has 0 aliphatic heterocycles. The van der Waals surface area contributed by atoms with Crippen LogP contribution in [-0.4, -0.2) is 59.8 Å². The fourth-order valence-electron chi connectivity index (χ4n) is 4.74. The van der Waals surface area contributed by atoms with Crippen molar-refractivity contribution in [1.82, 2.24) is 0 Å². The summed E-state index contributed by atoms with van der Waals surface area (Å²) < 4.78 is 0. The topological polar surface area (TPSA) is 158 Å². The van der Waals surface area contributed by atoms with E-state index in [1.165, 1.54) is 12.2 Å². The van der Waals surface area contributed by atoms with Crippen LogP contribution in [0, 0.1) is 23.7 Å². The first-order valence-corrected chi connectivity index (χ1v) is 13.7. The van der Waals surface area contributed by atoms with Crippen molar-refractivity contribution in [3.05, 3.63) is 49.1 Å². The highest BCUT2D eigenvalue weighted by atomic mass is 16.3. The SMILES string of the molecule is C=CC=C.CC1(C)CC(N=C=O)CC(C)(CN=C=O)C1.CCCC(O)C(C)CO.Cc1c(N=C=O)cccc1N=C=O. The summed E-state index contributed by atoms with van der Waals surface area (Å²) in [6.07, 6.45) is 13.5. The lowest BCUT2D eigenvalue weighted by atomic mass is 9.63. The second kappa shape index (κ2) is 22.8. The third kappa shape index (κ3) is 17.8. The first kappa shape index (κ1) is 40.3. The van der Waals surface area contributed by atoms with Crippen LogP contribution in [0.15, 0.2) is 63.5 Å². The predicted molar refractivity (Wildman–Crippen MR) is 165 cm³/mol. The van der Waals surface area contributed by atoms with E-state index in [0.29, 0.717) is 23.5 Å². The van der Waals surface area contributed by atoms with E-state index < -0.39 is 0 Å². The van der Waals surface area contributed by atoms with Gasteiger partial charge in [-0.05, 0) is 55.6 Å². The summed E-state index contributed by atoms with van der Waals surface area (Å²) in [4.78, 5) is 54.9. The second-order valence-electron chi connectivity index (χ2n) is 11.2. The van der Waals surface area contributed by atoms with E-state index in [-0.39, 0.29) is 35.5 Å². The number of carbonyl (C=O) groups excluding carboxylic acids is 4. The van der Waals surface area contributed by atoms with Crippen LogP contribution in [0.3, 0.4) is 0 Å². The van der Waals surface area contributed by atoms with Crippen molar-refractivity contribution in [3.8, 4) is 0 Å². The molecule has 0 amide bonds. The summed E-state index contributed by atoms with van der Waals surface area (Å²) >= 11 is 0. The molecule has 1 aliphatic carbocycles. The van der Waals surface area contributed by atoms with Gasteiger partial charge in [-0.25, -0.2) is 29.2 Å². The quantitative estimate of drug-likeness (QED) is 0.187. The van der Waals surface area contributed by atoms with Crippen LogP contribution in [0.5, 0.6) is 0 Å². The molecule has 0 heterocycles. The zero-order valence-corrected chi connectivity index (χ0v) is 25.8. The zero-order valence-electron chi connectivity index (χ0n) is 25.8. The van der Waals surface area contributed by atoms with Crippen LogP contribution in [0.25, 0.3) is 0 Å². The molecule has 4 atom stereocenters. The van der Waals surface area contributed by atoms with Crippen molar-refractivity contribution >= 4 is 35.7 Å². The van der Waals surface area contributed by atoms with E-state index in [1.54, 1.807) is 49.4 Å². The molecule has 230 valence electrons. The maximum atomic E-state index is 10.3. The summed E-state index contributed by atoms with van der Waals surface area (Å²) in [5.41, 5.74) is 1.65. The summed E-state index contributed by atoms with van der Waals surface area (Å²) in [5.74, 6) is 0.0324. The number of nitrogens with zero attached hydrogens (tertiary/aromatic N) is 4. The van der Waals surface area contributed by atoms with Gasteiger partial charge < -0.3 is 10.2 Å². The number of aliphatic imine (C=N–C) groups is 4. The lowest BCUT2D eigenvalue weighted by molar-refractivity contribution is 0.0701. The Bertz CT molecular complexity index is 1120. The summed E-state index contributed by atoms with van der Waals surface area (Å²) in [7, 11) is 0. The number of allylic oxidation sites excluding steroid dienone is 2. The summed E-state index contributed by atoms with van der Waals surface area (Å²) in [5, 5.41) is 17.7. The lowest BCUT2D eigenvalue weighted by Gasteiger charge is -2.44. The Kier molecular flexibility index (Phi) is 21.9. The molecule has 4 unspecified atom stereocenters. The first-order valence-electron chi connectivity index (χ1n) is 13.7. The standard InChI is InChI=1S/C12H18N2O2.C9H6N2O2.C7H16O2.C4H6/c1-11(2)4-10(14-9-16)5-12(3,6-11)7-13-8-15;1-7-8(10-5-12)3-2-4-9(7)11-6-13;1-3-4-7(9)6(2)5-8;1-3-4-2/h10H,4-7H2,1-3H3;2-4H,1H3;6-9H,3-5H2,1-2H3;3-4H,1-2H2. The number of rotatable bonds is 10. The molecular formula is C32H46N4O6. The van der Waals surface area contributed by atoms with Crippen LogP contribution in [-0.2, 0) is 19.2 Å². The van der Waals surface area contributed by atoms with Gasteiger partial charge in [0.15, 0.2) is 0 Å². The number of hydrogen-bond acceptors (Lipinski definition) is 10. The van der Waals surface area contributed by atoms with Crippen molar-refractivity contribution in [2.75, 3.05) is 13.2 Å². The van der Waals surface area contributed by atoms with Gasteiger partial charge in [-0.3, -0.25) is 0 Å². The smallest absolute Gasteiger partial charge is 0.240 e. The molecule has 10 heteroatoms. The molecule has 1 saturated carbocycles. The molecule has 10 nitrogen and oxygen atoms in total. The van der Waals surface area contributed by atoms with E-state index in [0.717, 1.165) is 32.1 Å². The molecule has 0 spiro atoms. The highest BCUT2D eigenvalue weighted by Gasteiger charge is 2.41. The van der Waals surface area contributed by atoms with Crippen LogP contribution in [0.1, 0.15) is 72.3 Å². The van der Waals surface area contributed by atoms with Gasteiger partial charge in [0.1, 0.15) is 0 Å². The third-order valence-electron chi connectivity index (χ3n) is 6.49. The van der Waals surface area contributed by atoms with E-state index in [2.05, 4.69) is 53.9 Å². The van der Waals surface area contributed by atoms with Crippen molar-refractivity contribution in [1.29, 1.82) is 0 Å². The molecule has 42 heavy (non-hydrogen) atoms. The summed E-state index contributed by atoms with van der Waals surface area (Å²) in [6.45, 7) is 19.2. The lowest BCUT2D eigenvalue weighted by Crippen LogP contribution is -2.39. The molecule has 2 rings (SSSR count). The third-order valence-corrected chi connectivity index (χ3v) is 6.49. The second-order valence-corrected chi connectivity index (χ2v) is 11.2. The Labute approximate surface area is 249 Å². The summed E-state index contributed by atoms with van der Waals surface area (Å²) in [6, 6.07) is 4.95. The van der Waals surface area contributed by atoms with Crippen molar-refractivity contribution in [3.63, 3.8) is 0 Å². The average Bonchev–Trinajstić information content (AvgIpc) is 2.94. The maximum absolute atomic E-state index is 10.3. The molecule has 0 bridgehead atoms. The van der Waals surface area contributed by atoms with E-state index >= 15 is 0 Å². The van der Waals surface area contributed by atoms with E-state index in [9.17, 15) is 19.2 Å². The average molecular weight is 583 g/mol. The van der Waals surface area contributed by atoms with Crippen LogP contribution in [0.4, 0.5) is 11.4 Å². The number of aliphatic hydroxyl groups is 2. The van der Waals surface area contributed by atoms with Crippen LogP contribution >= 0.6 is 0 Å². The normalized spacial score (nSPS) is 19.1. The fourth-order valence-corrected chi connectivity index (χ4v) is 4.74. The molecule has 2 N–H and O–H groups in total. The largest absolute Gasteiger partial charge is 0.396 e. The van der Waals surface area contributed by atoms with Crippen molar-refractivity contribution in [2.24, 2.45) is 36.7 Å². The Balaban J connectivity index is 0. The first-order chi connectivity index (χ1) is 19.8. The van der Waals surface area contributed by atoms with Crippen LogP contribution in [0.2, 0.25) is 0 Å². The van der Waals surface area contributed by atoms with Crippen molar-refractivity contribution < 1.29 is 29.4 Å². The van der Waals surface area contributed by atoms with Gasteiger partial charge in [0.05, 0.1) is 30.1 Å². The highest BCUT2D eigenvalue weighted by Crippen LogP contribution is 2.47. The highest BCUT2D eigenvalue weighted by molar-refractivity contribution is 5.64. The van der Waals surface area contributed by atoms with Gasteiger partial charge in [-0.15, -0.1) is 0 Å². The number of aliphatic hydroxyl groups excluding tert-OH is 2. The Morgan fingerprint density at radius 2 is 1.55 bits per heavy atom. The van der Waals surface area contributed by atoms with Gasteiger partial charge >= 0.3 is 0 Å². The fraction of sp³-hybridized carbons (Fsp3) is 0.562. The minimum absolute atomic E-state index is 0.00750. The zero-order chi connectivity index (χ0) is 32.6. The molecule has 1 fully saturated rings. The van der Waals surface area contributed by atoms with Crippen LogP contribution < -0.4 is 0 Å². The predicted octanol–water partition coefficient (Wildman–Crippen LogP) is 6.31. The minimum Gasteiger partial charge on any atom is -0.396 e. The number of isocyanates is 4. The molecule has 1 aromatic rings.